The van der Waals surface area contributed by atoms with E-state index in [4.69, 9.17) is 4.74 Å². The zero-order valence-electron chi connectivity index (χ0n) is 12.3. The molecule has 3 heteroatoms. The van der Waals surface area contributed by atoms with Crippen molar-refractivity contribution < 1.29 is 9.53 Å². The molecule has 0 bridgehead atoms. The van der Waals surface area contributed by atoms with Gasteiger partial charge in [0.25, 0.3) is 0 Å². The Bertz CT molecular complexity index is 245. The van der Waals surface area contributed by atoms with Crippen LogP contribution >= 0.6 is 0 Å². The Labute approximate surface area is 112 Å². The number of nitrogens with one attached hydrogen (secondary N) is 1. The Kier molecular flexibility index (Phi) is 6.69. The fraction of sp³-hybridized carbons (Fsp3) is 0.933. The number of hydrogen-bond acceptors (Lipinski definition) is 3. The number of hydrogen-bond donors (Lipinski definition) is 1. The van der Waals surface area contributed by atoms with Crippen LogP contribution in [0.2, 0.25) is 0 Å². The number of rotatable bonds is 7. The van der Waals surface area contributed by atoms with Gasteiger partial charge in [-0.1, -0.05) is 26.7 Å². The highest BCUT2D eigenvalue weighted by Crippen LogP contribution is 2.36. The number of carbonyl (C=O) groups excluding carboxylic acids is 1. The Hall–Kier alpha value is -0.570. The number of esters is 1. The summed E-state index contributed by atoms with van der Waals surface area (Å²) in [6.07, 6.45) is 8.99. The normalized spacial score (nSPS) is 28.1. The van der Waals surface area contributed by atoms with E-state index in [1.54, 1.807) is 0 Å². The van der Waals surface area contributed by atoms with Gasteiger partial charge in [0.2, 0.25) is 0 Å². The second-order valence-electron chi connectivity index (χ2n) is 5.69. The molecule has 0 saturated heterocycles. The Morgan fingerprint density at radius 2 is 1.94 bits per heavy atom. The molecule has 1 fully saturated rings. The van der Waals surface area contributed by atoms with Crippen molar-refractivity contribution in [1.82, 2.24) is 5.32 Å². The lowest BCUT2D eigenvalue weighted by Crippen LogP contribution is -2.49. The van der Waals surface area contributed by atoms with Crippen molar-refractivity contribution in [1.29, 1.82) is 0 Å². The summed E-state index contributed by atoms with van der Waals surface area (Å²) in [7, 11) is 1.48. The van der Waals surface area contributed by atoms with E-state index >= 15 is 0 Å². The molecule has 1 rings (SSSR count). The summed E-state index contributed by atoms with van der Waals surface area (Å²) >= 11 is 0. The zero-order chi connectivity index (χ0) is 13.4. The first-order valence-corrected chi connectivity index (χ1v) is 7.47. The van der Waals surface area contributed by atoms with Gasteiger partial charge in [-0.25, -0.2) is 0 Å². The first-order chi connectivity index (χ1) is 8.65. The van der Waals surface area contributed by atoms with E-state index < -0.39 is 0 Å². The fourth-order valence-corrected chi connectivity index (χ4v) is 3.08. The molecule has 1 N–H and O–H groups in total. The summed E-state index contributed by atoms with van der Waals surface area (Å²) in [4.78, 5) is 11.6. The van der Waals surface area contributed by atoms with Crippen molar-refractivity contribution in [2.24, 2.45) is 5.92 Å². The standard InChI is InChI=1S/C15H29NO2/c1-4-6-13-7-9-15(10-8-13,16-11-5-2)12-14(17)18-3/h13,16H,4-12H2,1-3H3. The molecular weight excluding hydrogens is 226 g/mol. The molecule has 0 atom stereocenters. The van der Waals surface area contributed by atoms with Crippen molar-refractivity contribution in [3.8, 4) is 0 Å². The van der Waals surface area contributed by atoms with Gasteiger partial charge in [-0.2, -0.15) is 0 Å². The molecule has 0 aliphatic heterocycles. The molecule has 0 unspecified atom stereocenters. The molecule has 18 heavy (non-hydrogen) atoms. The van der Waals surface area contributed by atoms with Crippen molar-refractivity contribution in [3.63, 3.8) is 0 Å². The van der Waals surface area contributed by atoms with Gasteiger partial charge in [-0.15, -0.1) is 0 Å². The molecule has 1 aliphatic carbocycles. The first kappa shape index (κ1) is 15.5. The third-order valence-corrected chi connectivity index (χ3v) is 4.22. The summed E-state index contributed by atoms with van der Waals surface area (Å²) in [5.41, 5.74) is 0.00729. The van der Waals surface area contributed by atoms with Crippen molar-refractivity contribution >= 4 is 5.97 Å². The maximum absolute atomic E-state index is 11.6. The quantitative estimate of drug-likeness (QED) is 0.709. The monoisotopic (exact) mass is 255 g/mol. The van der Waals surface area contributed by atoms with E-state index in [0.717, 1.165) is 31.7 Å². The van der Waals surface area contributed by atoms with Gasteiger partial charge in [0.15, 0.2) is 0 Å². The van der Waals surface area contributed by atoms with E-state index in [2.05, 4.69) is 19.2 Å². The van der Waals surface area contributed by atoms with Gasteiger partial charge < -0.3 is 10.1 Å². The van der Waals surface area contributed by atoms with E-state index in [-0.39, 0.29) is 11.5 Å². The molecule has 1 aliphatic rings. The van der Waals surface area contributed by atoms with E-state index in [1.807, 2.05) is 0 Å². The molecule has 106 valence electrons. The summed E-state index contributed by atoms with van der Waals surface area (Å²) in [5.74, 6) is 0.789. The van der Waals surface area contributed by atoms with E-state index in [1.165, 1.54) is 32.8 Å². The Morgan fingerprint density at radius 1 is 1.28 bits per heavy atom. The van der Waals surface area contributed by atoms with Crippen LogP contribution < -0.4 is 5.32 Å². The zero-order valence-corrected chi connectivity index (χ0v) is 12.3. The molecule has 0 amide bonds. The maximum atomic E-state index is 11.6. The number of ether oxygens (including phenoxy) is 1. The van der Waals surface area contributed by atoms with E-state index in [0.29, 0.717) is 6.42 Å². The van der Waals surface area contributed by atoms with Gasteiger partial charge in [0, 0.05) is 5.54 Å². The average molecular weight is 255 g/mol. The van der Waals surface area contributed by atoms with Crippen molar-refractivity contribution in [2.75, 3.05) is 13.7 Å². The van der Waals surface area contributed by atoms with Crippen LogP contribution in [-0.4, -0.2) is 25.2 Å². The molecule has 0 spiro atoms. The third kappa shape index (κ3) is 4.60. The molecule has 0 heterocycles. The lowest BCUT2D eigenvalue weighted by atomic mass is 9.73. The molecular formula is C15H29NO2. The predicted octanol–water partition coefficient (Wildman–Crippen LogP) is 3.28. The highest BCUT2D eigenvalue weighted by Gasteiger charge is 2.36. The van der Waals surface area contributed by atoms with Gasteiger partial charge in [-0.05, 0) is 44.6 Å². The molecule has 0 aromatic heterocycles. The Balaban J connectivity index is 2.54. The fourth-order valence-electron chi connectivity index (χ4n) is 3.08. The molecule has 3 nitrogen and oxygen atoms in total. The summed E-state index contributed by atoms with van der Waals surface area (Å²) < 4.78 is 4.85. The molecule has 1 saturated carbocycles. The molecule has 0 radical (unpaired) electrons. The lowest BCUT2D eigenvalue weighted by molar-refractivity contribution is -0.142. The summed E-state index contributed by atoms with van der Waals surface area (Å²) in [6, 6.07) is 0. The van der Waals surface area contributed by atoms with Crippen LogP contribution in [0.1, 0.15) is 65.2 Å². The minimum Gasteiger partial charge on any atom is -0.469 e. The number of carbonyl (C=O) groups is 1. The minimum absolute atomic E-state index is 0.00729. The summed E-state index contributed by atoms with van der Waals surface area (Å²) in [6.45, 7) is 5.42. The number of methoxy groups -OCH3 is 1. The summed E-state index contributed by atoms with van der Waals surface area (Å²) in [5, 5.41) is 3.61. The van der Waals surface area contributed by atoms with Gasteiger partial charge >= 0.3 is 5.97 Å². The topological polar surface area (TPSA) is 38.3 Å². The van der Waals surface area contributed by atoms with Crippen LogP contribution in [0.5, 0.6) is 0 Å². The van der Waals surface area contributed by atoms with Crippen LogP contribution in [0, 0.1) is 5.92 Å². The van der Waals surface area contributed by atoms with E-state index in [9.17, 15) is 4.79 Å². The van der Waals surface area contributed by atoms with Gasteiger partial charge in [-0.3, -0.25) is 4.79 Å². The average Bonchev–Trinajstić information content (AvgIpc) is 2.39. The second-order valence-corrected chi connectivity index (χ2v) is 5.69. The predicted molar refractivity (Wildman–Crippen MR) is 74.5 cm³/mol. The molecule has 0 aromatic carbocycles. The van der Waals surface area contributed by atoms with Crippen LogP contribution in [0.15, 0.2) is 0 Å². The van der Waals surface area contributed by atoms with Crippen LogP contribution in [0.3, 0.4) is 0 Å². The van der Waals surface area contributed by atoms with Crippen LogP contribution in [0.4, 0.5) is 0 Å². The second kappa shape index (κ2) is 7.78. The van der Waals surface area contributed by atoms with Crippen molar-refractivity contribution in [2.45, 2.75) is 70.8 Å². The van der Waals surface area contributed by atoms with Crippen molar-refractivity contribution in [3.05, 3.63) is 0 Å². The highest BCUT2D eigenvalue weighted by molar-refractivity contribution is 5.70. The van der Waals surface area contributed by atoms with Gasteiger partial charge in [0.1, 0.15) is 0 Å². The van der Waals surface area contributed by atoms with Gasteiger partial charge in [0.05, 0.1) is 13.5 Å². The highest BCUT2D eigenvalue weighted by atomic mass is 16.5. The lowest BCUT2D eigenvalue weighted by Gasteiger charge is -2.40. The maximum Gasteiger partial charge on any atom is 0.307 e. The first-order valence-electron chi connectivity index (χ1n) is 7.47. The largest absolute Gasteiger partial charge is 0.469 e. The third-order valence-electron chi connectivity index (χ3n) is 4.22. The van der Waals surface area contributed by atoms with Crippen LogP contribution in [-0.2, 0) is 9.53 Å². The Morgan fingerprint density at radius 3 is 2.44 bits per heavy atom. The van der Waals surface area contributed by atoms with Crippen LogP contribution in [0.25, 0.3) is 0 Å². The minimum atomic E-state index is -0.0763. The smallest absolute Gasteiger partial charge is 0.307 e. The molecule has 0 aromatic rings. The SMILES string of the molecule is CCCNC1(CC(=O)OC)CCC(CCC)CC1.